The standard InChI is InChI=1S/C21H23BrN2O3/c1-13-9-17(7-8-18(13)22)23-19(25)14-5-6-15-11-24(12-16(15)10-14)20(26)27-21(2,3)4/h5-10H,11-12H2,1-4H3,(H,23,25). The highest BCUT2D eigenvalue weighted by Gasteiger charge is 2.28. The van der Waals surface area contributed by atoms with E-state index in [9.17, 15) is 9.59 Å². The summed E-state index contributed by atoms with van der Waals surface area (Å²) in [6.45, 7) is 8.46. The molecular formula is C21H23BrN2O3. The molecule has 3 rings (SSSR count). The van der Waals surface area contributed by atoms with Gasteiger partial charge in [-0.2, -0.15) is 0 Å². The fraction of sp³-hybridized carbons (Fsp3) is 0.333. The maximum absolute atomic E-state index is 12.6. The van der Waals surface area contributed by atoms with Gasteiger partial charge < -0.3 is 10.1 Å². The number of nitrogens with one attached hydrogen (secondary N) is 1. The molecule has 6 heteroatoms. The number of anilines is 1. The van der Waals surface area contributed by atoms with Gasteiger partial charge in [0.15, 0.2) is 0 Å². The molecule has 1 N–H and O–H groups in total. The fourth-order valence-electron chi connectivity index (χ4n) is 2.92. The Hall–Kier alpha value is -2.34. The van der Waals surface area contributed by atoms with Gasteiger partial charge in [-0.15, -0.1) is 0 Å². The van der Waals surface area contributed by atoms with Crippen molar-refractivity contribution >= 4 is 33.6 Å². The minimum absolute atomic E-state index is 0.171. The highest BCUT2D eigenvalue weighted by molar-refractivity contribution is 9.10. The van der Waals surface area contributed by atoms with Crippen LogP contribution in [0.15, 0.2) is 40.9 Å². The monoisotopic (exact) mass is 430 g/mol. The second-order valence-electron chi connectivity index (χ2n) is 7.74. The number of hydrogen-bond donors (Lipinski definition) is 1. The summed E-state index contributed by atoms with van der Waals surface area (Å²) in [5, 5.41) is 2.92. The second-order valence-corrected chi connectivity index (χ2v) is 8.59. The highest BCUT2D eigenvalue weighted by atomic mass is 79.9. The second kappa shape index (κ2) is 7.35. The van der Waals surface area contributed by atoms with Gasteiger partial charge in [-0.05, 0) is 74.7 Å². The van der Waals surface area contributed by atoms with Gasteiger partial charge in [0.2, 0.25) is 0 Å². The van der Waals surface area contributed by atoms with Crippen LogP contribution >= 0.6 is 15.9 Å². The first-order valence-corrected chi connectivity index (χ1v) is 9.59. The SMILES string of the molecule is Cc1cc(NC(=O)c2ccc3c(c2)CN(C(=O)OC(C)(C)C)C3)ccc1Br. The molecule has 0 saturated heterocycles. The summed E-state index contributed by atoms with van der Waals surface area (Å²) in [5.74, 6) is -0.171. The summed E-state index contributed by atoms with van der Waals surface area (Å²) in [6.07, 6.45) is -0.338. The Morgan fingerprint density at radius 2 is 1.78 bits per heavy atom. The van der Waals surface area contributed by atoms with Gasteiger partial charge in [0.1, 0.15) is 5.60 Å². The predicted molar refractivity (Wildman–Crippen MR) is 109 cm³/mol. The lowest BCUT2D eigenvalue weighted by molar-refractivity contribution is 0.0242. The van der Waals surface area contributed by atoms with Gasteiger partial charge >= 0.3 is 6.09 Å². The van der Waals surface area contributed by atoms with Gasteiger partial charge in [0.05, 0.1) is 0 Å². The number of hydrogen-bond acceptors (Lipinski definition) is 3. The van der Waals surface area contributed by atoms with Crippen LogP contribution in [0.2, 0.25) is 0 Å². The van der Waals surface area contributed by atoms with E-state index in [1.54, 1.807) is 11.0 Å². The zero-order valence-electron chi connectivity index (χ0n) is 15.9. The molecule has 27 heavy (non-hydrogen) atoms. The van der Waals surface area contributed by atoms with E-state index in [2.05, 4.69) is 21.2 Å². The van der Waals surface area contributed by atoms with E-state index in [4.69, 9.17) is 4.74 Å². The van der Waals surface area contributed by atoms with E-state index in [0.717, 1.165) is 26.9 Å². The average molecular weight is 431 g/mol. The van der Waals surface area contributed by atoms with Crippen molar-refractivity contribution < 1.29 is 14.3 Å². The average Bonchev–Trinajstić information content (AvgIpc) is 3.00. The Morgan fingerprint density at radius 1 is 1.07 bits per heavy atom. The van der Waals surface area contributed by atoms with Crippen LogP contribution in [0.3, 0.4) is 0 Å². The number of halogens is 1. The summed E-state index contributed by atoms with van der Waals surface area (Å²) in [4.78, 5) is 26.5. The van der Waals surface area contributed by atoms with E-state index in [0.29, 0.717) is 18.7 Å². The lowest BCUT2D eigenvalue weighted by atomic mass is 10.1. The topological polar surface area (TPSA) is 58.6 Å². The number of amides is 2. The minimum Gasteiger partial charge on any atom is -0.444 e. The van der Waals surface area contributed by atoms with Gasteiger partial charge in [0, 0.05) is 28.8 Å². The number of rotatable bonds is 2. The van der Waals surface area contributed by atoms with Gasteiger partial charge in [-0.3, -0.25) is 9.69 Å². The van der Waals surface area contributed by atoms with E-state index in [1.165, 1.54) is 0 Å². The third-order valence-corrected chi connectivity index (χ3v) is 5.15. The Labute approximate surface area is 167 Å². The van der Waals surface area contributed by atoms with Crippen molar-refractivity contribution in [2.45, 2.75) is 46.4 Å². The highest BCUT2D eigenvalue weighted by Crippen LogP contribution is 2.26. The molecule has 0 aromatic heterocycles. The van der Waals surface area contributed by atoms with Gasteiger partial charge in [-0.1, -0.05) is 22.0 Å². The molecule has 0 unspecified atom stereocenters. The van der Waals surface area contributed by atoms with Crippen molar-refractivity contribution in [2.75, 3.05) is 5.32 Å². The Kier molecular flexibility index (Phi) is 5.29. The molecule has 142 valence electrons. The molecule has 0 atom stereocenters. The summed E-state index contributed by atoms with van der Waals surface area (Å²) >= 11 is 3.45. The van der Waals surface area contributed by atoms with E-state index < -0.39 is 5.60 Å². The minimum atomic E-state index is -0.528. The third-order valence-electron chi connectivity index (χ3n) is 4.26. The number of aryl methyl sites for hydroxylation is 1. The molecule has 0 bridgehead atoms. The molecule has 0 radical (unpaired) electrons. The molecule has 2 aromatic carbocycles. The lowest BCUT2D eigenvalue weighted by Gasteiger charge is -2.24. The molecule has 2 aromatic rings. The first-order valence-electron chi connectivity index (χ1n) is 8.79. The van der Waals surface area contributed by atoms with Crippen molar-refractivity contribution in [3.8, 4) is 0 Å². The third kappa shape index (κ3) is 4.69. The smallest absolute Gasteiger partial charge is 0.410 e. The number of nitrogens with zero attached hydrogens (tertiary/aromatic N) is 1. The number of ether oxygens (including phenoxy) is 1. The molecule has 5 nitrogen and oxygen atoms in total. The summed E-state index contributed by atoms with van der Waals surface area (Å²) < 4.78 is 6.43. The molecular weight excluding hydrogens is 408 g/mol. The molecule has 1 aliphatic rings. The first-order chi connectivity index (χ1) is 12.6. The quantitative estimate of drug-likeness (QED) is 0.706. The van der Waals surface area contributed by atoms with E-state index in [-0.39, 0.29) is 12.0 Å². The van der Waals surface area contributed by atoms with Crippen LogP contribution in [-0.2, 0) is 17.8 Å². The normalized spacial score (nSPS) is 13.3. The maximum Gasteiger partial charge on any atom is 0.410 e. The Bertz CT molecular complexity index is 903. The largest absolute Gasteiger partial charge is 0.444 e. The number of carbonyl (C=O) groups excluding carboxylic acids is 2. The lowest BCUT2D eigenvalue weighted by Crippen LogP contribution is -2.33. The summed E-state index contributed by atoms with van der Waals surface area (Å²) in [6, 6.07) is 11.2. The van der Waals surface area contributed by atoms with Gasteiger partial charge in [0.25, 0.3) is 5.91 Å². The summed E-state index contributed by atoms with van der Waals surface area (Å²) in [5.41, 5.74) is 3.85. The first kappa shape index (κ1) is 19.4. The van der Waals surface area contributed by atoms with E-state index >= 15 is 0 Å². The summed E-state index contributed by atoms with van der Waals surface area (Å²) in [7, 11) is 0. The van der Waals surface area contributed by atoms with Crippen LogP contribution in [0.25, 0.3) is 0 Å². The van der Waals surface area contributed by atoms with E-state index in [1.807, 2.05) is 58.0 Å². The molecule has 1 aliphatic heterocycles. The zero-order chi connectivity index (χ0) is 19.8. The maximum atomic E-state index is 12.6. The van der Waals surface area contributed by atoms with Crippen molar-refractivity contribution in [1.82, 2.24) is 4.90 Å². The Balaban J connectivity index is 1.70. The van der Waals surface area contributed by atoms with Crippen LogP contribution in [-0.4, -0.2) is 22.5 Å². The Morgan fingerprint density at radius 3 is 2.44 bits per heavy atom. The molecule has 0 fully saturated rings. The van der Waals surface area contributed by atoms with Crippen molar-refractivity contribution in [3.63, 3.8) is 0 Å². The zero-order valence-corrected chi connectivity index (χ0v) is 17.5. The molecule has 0 saturated carbocycles. The van der Waals surface area contributed by atoms with Crippen LogP contribution < -0.4 is 5.32 Å². The molecule has 1 heterocycles. The van der Waals surface area contributed by atoms with Crippen molar-refractivity contribution in [3.05, 3.63) is 63.1 Å². The molecule has 2 amide bonds. The van der Waals surface area contributed by atoms with Crippen molar-refractivity contribution in [1.29, 1.82) is 0 Å². The number of fused-ring (bicyclic) bond motifs is 1. The van der Waals surface area contributed by atoms with Crippen LogP contribution in [0.1, 0.15) is 47.8 Å². The predicted octanol–water partition coefficient (Wildman–Crippen LogP) is 5.26. The number of benzene rings is 2. The number of carbonyl (C=O) groups is 2. The van der Waals surface area contributed by atoms with Crippen LogP contribution in [0.4, 0.5) is 10.5 Å². The van der Waals surface area contributed by atoms with Crippen molar-refractivity contribution in [2.24, 2.45) is 0 Å². The fourth-order valence-corrected chi connectivity index (χ4v) is 3.16. The van der Waals surface area contributed by atoms with Gasteiger partial charge in [-0.25, -0.2) is 4.79 Å². The molecule has 0 spiro atoms. The van der Waals surface area contributed by atoms with Crippen LogP contribution in [0.5, 0.6) is 0 Å². The molecule has 0 aliphatic carbocycles. The van der Waals surface area contributed by atoms with Crippen LogP contribution in [0, 0.1) is 6.92 Å².